The summed E-state index contributed by atoms with van der Waals surface area (Å²) in [5.74, 6) is 0. The van der Waals surface area contributed by atoms with E-state index < -0.39 is 0 Å². The predicted octanol–water partition coefficient (Wildman–Crippen LogP) is 4.30. The molecule has 2 aromatic heterocycles. The molecule has 1 aromatic carbocycles. The van der Waals surface area contributed by atoms with Crippen molar-refractivity contribution in [1.82, 2.24) is 14.5 Å². The Kier molecular flexibility index (Phi) is 3.72. The molecule has 0 N–H and O–H groups in total. The zero-order valence-electron chi connectivity index (χ0n) is 10.5. The van der Waals surface area contributed by atoms with Crippen molar-refractivity contribution >= 4 is 23.2 Å². The number of aromatic nitrogens is 3. The van der Waals surface area contributed by atoms with Gasteiger partial charge in [-0.25, -0.2) is 4.98 Å². The number of hydrogen-bond donors (Lipinski definition) is 0. The van der Waals surface area contributed by atoms with Gasteiger partial charge in [-0.3, -0.25) is 4.98 Å². The normalized spacial score (nSPS) is 10.7. The van der Waals surface area contributed by atoms with Crippen LogP contribution in [0.3, 0.4) is 0 Å². The number of halogens is 2. The maximum atomic E-state index is 6.02. The Labute approximate surface area is 126 Å². The second kappa shape index (κ2) is 5.65. The first-order valence-corrected chi connectivity index (χ1v) is 6.84. The maximum Gasteiger partial charge on any atom is 0.0949 e. The summed E-state index contributed by atoms with van der Waals surface area (Å²) in [6.07, 6.45) is 7.33. The topological polar surface area (TPSA) is 30.7 Å². The molecule has 0 aliphatic rings. The molecule has 3 rings (SSSR count). The molecule has 0 saturated heterocycles. The molecular formula is C15H11Cl2N3. The van der Waals surface area contributed by atoms with Gasteiger partial charge in [0.2, 0.25) is 0 Å². The quantitative estimate of drug-likeness (QED) is 0.722. The summed E-state index contributed by atoms with van der Waals surface area (Å²) in [5, 5.41) is 1.08. The molecule has 0 radical (unpaired) electrons. The zero-order chi connectivity index (χ0) is 13.9. The number of imidazole rings is 1. The minimum Gasteiger partial charge on any atom is -0.333 e. The van der Waals surface area contributed by atoms with Crippen LogP contribution in [0, 0.1) is 0 Å². The highest BCUT2D eigenvalue weighted by molar-refractivity contribution is 6.42. The average molecular weight is 304 g/mol. The van der Waals surface area contributed by atoms with Gasteiger partial charge in [-0.05, 0) is 23.8 Å². The Balaban J connectivity index is 1.83. The van der Waals surface area contributed by atoms with Crippen molar-refractivity contribution in [3.05, 3.63) is 70.9 Å². The molecule has 0 amide bonds. The van der Waals surface area contributed by atoms with Crippen LogP contribution >= 0.6 is 23.2 Å². The molecule has 0 saturated carbocycles. The lowest BCUT2D eigenvalue weighted by molar-refractivity contribution is 0.793. The number of nitrogens with zero attached hydrogens (tertiary/aromatic N) is 3. The minimum absolute atomic E-state index is 0.536. The van der Waals surface area contributed by atoms with Gasteiger partial charge in [0.1, 0.15) is 0 Å². The third-order valence-corrected chi connectivity index (χ3v) is 3.70. The van der Waals surface area contributed by atoms with E-state index >= 15 is 0 Å². The first-order chi connectivity index (χ1) is 9.72. The van der Waals surface area contributed by atoms with E-state index in [2.05, 4.69) is 9.97 Å². The van der Waals surface area contributed by atoms with Crippen LogP contribution < -0.4 is 0 Å². The summed E-state index contributed by atoms with van der Waals surface area (Å²) in [4.78, 5) is 8.48. The van der Waals surface area contributed by atoms with E-state index in [1.54, 1.807) is 18.6 Å². The lowest BCUT2D eigenvalue weighted by Gasteiger charge is -2.05. The van der Waals surface area contributed by atoms with Crippen molar-refractivity contribution < 1.29 is 0 Å². The summed E-state index contributed by atoms with van der Waals surface area (Å²) in [6.45, 7) is 0.759. The van der Waals surface area contributed by atoms with Gasteiger partial charge >= 0.3 is 0 Å². The Morgan fingerprint density at radius 3 is 2.60 bits per heavy atom. The third kappa shape index (κ3) is 2.84. The molecule has 20 heavy (non-hydrogen) atoms. The van der Waals surface area contributed by atoms with E-state index in [4.69, 9.17) is 23.2 Å². The lowest BCUT2D eigenvalue weighted by Crippen LogP contribution is -1.97. The first kappa shape index (κ1) is 13.2. The summed E-state index contributed by atoms with van der Waals surface area (Å²) in [5.41, 5.74) is 2.94. The lowest BCUT2D eigenvalue weighted by atomic mass is 10.1. The van der Waals surface area contributed by atoms with Gasteiger partial charge in [0.05, 0.1) is 22.1 Å². The van der Waals surface area contributed by atoms with Crippen LogP contribution in [0.25, 0.3) is 11.3 Å². The molecule has 0 unspecified atom stereocenters. The minimum atomic E-state index is 0.536. The van der Waals surface area contributed by atoms with Crippen molar-refractivity contribution in [3.63, 3.8) is 0 Å². The molecule has 3 aromatic rings. The fourth-order valence-electron chi connectivity index (χ4n) is 1.94. The van der Waals surface area contributed by atoms with Crippen molar-refractivity contribution in [2.75, 3.05) is 0 Å². The van der Waals surface area contributed by atoms with Crippen LogP contribution in [0.4, 0.5) is 0 Å². The molecule has 0 fully saturated rings. The second-order valence-corrected chi connectivity index (χ2v) is 5.23. The van der Waals surface area contributed by atoms with E-state index in [9.17, 15) is 0 Å². The Bertz CT molecular complexity index is 706. The molecule has 0 aliphatic heterocycles. The Morgan fingerprint density at radius 1 is 1.05 bits per heavy atom. The molecule has 0 aliphatic carbocycles. The van der Waals surface area contributed by atoms with Crippen LogP contribution in [0.2, 0.25) is 10.0 Å². The van der Waals surface area contributed by atoms with Crippen LogP contribution in [0.1, 0.15) is 5.56 Å². The maximum absolute atomic E-state index is 6.02. The van der Waals surface area contributed by atoms with Gasteiger partial charge in [0.15, 0.2) is 0 Å². The molecule has 0 spiro atoms. The molecule has 100 valence electrons. The van der Waals surface area contributed by atoms with Crippen LogP contribution in [-0.2, 0) is 6.54 Å². The predicted molar refractivity (Wildman–Crippen MR) is 81.0 cm³/mol. The summed E-state index contributed by atoms with van der Waals surface area (Å²) in [6, 6.07) is 9.53. The van der Waals surface area contributed by atoms with Gasteiger partial charge in [-0.1, -0.05) is 35.3 Å². The van der Waals surface area contributed by atoms with Crippen molar-refractivity contribution in [2.45, 2.75) is 6.54 Å². The molecule has 2 heterocycles. The van der Waals surface area contributed by atoms with Gasteiger partial charge in [0.25, 0.3) is 0 Å². The third-order valence-electron chi connectivity index (χ3n) is 2.96. The van der Waals surface area contributed by atoms with E-state index in [-0.39, 0.29) is 0 Å². The SMILES string of the molecule is Clc1ccc(-c2ccc(Cn3ccnc3)cn2)cc1Cl. The monoisotopic (exact) mass is 303 g/mol. The van der Waals surface area contributed by atoms with Crippen LogP contribution in [0.5, 0.6) is 0 Å². The van der Waals surface area contributed by atoms with Crippen LogP contribution in [-0.4, -0.2) is 14.5 Å². The van der Waals surface area contributed by atoms with Crippen LogP contribution in [0.15, 0.2) is 55.2 Å². The average Bonchev–Trinajstić information content (AvgIpc) is 2.96. The number of hydrogen-bond acceptors (Lipinski definition) is 2. The highest BCUT2D eigenvalue weighted by atomic mass is 35.5. The van der Waals surface area contributed by atoms with E-state index in [0.29, 0.717) is 10.0 Å². The smallest absolute Gasteiger partial charge is 0.0949 e. The van der Waals surface area contributed by atoms with E-state index in [1.807, 2.05) is 41.2 Å². The van der Waals surface area contributed by atoms with Crippen molar-refractivity contribution in [3.8, 4) is 11.3 Å². The van der Waals surface area contributed by atoms with Gasteiger partial charge in [-0.15, -0.1) is 0 Å². The second-order valence-electron chi connectivity index (χ2n) is 4.42. The largest absolute Gasteiger partial charge is 0.333 e. The zero-order valence-corrected chi connectivity index (χ0v) is 12.0. The highest BCUT2D eigenvalue weighted by Crippen LogP contribution is 2.27. The standard InChI is InChI=1S/C15H11Cl2N3/c16-13-3-2-12(7-14(13)17)15-4-1-11(8-19-15)9-20-6-5-18-10-20/h1-8,10H,9H2. The molecule has 0 atom stereocenters. The van der Waals surface area contributed by atoms with Gasteiger partial charge in [0, 0.05) is 30.7 Å². The highest BCUT2D eigenvalue weighted by Gasteiger charge is 2.04. The number of rotatable bonds is 3. The van der Waals surface area contributed by atoms with Gasteiger partial charge < -0.3 is 4.57 Å². The fraction of sp³-hybridized carbons (Fsp3) is 0.0667. The number of pyridine rings is 1. The number of benzene rings is 1. The molecule has 0 bridgehead atoms. The van der Waals surface area contributed by atoms with Gasteiger partial charge in [-0.2, -0.15) is 0 Å². The Morgan fingerprint density at radius 2 is 1.95 bits per heavy atom. The van der Waals surface area contributed by atoms with Crippen molar-refractivity contribution in [2.24, 2.45) is 0 Å². The molecule has 5 heteroatoms. The summed E-state index contributed by atoms with van der Waals surface area (Å²) in [7, 11) is 0. The van der Waals surface area contributed by atoms with Crippen molar-refractivity contribution in [1.29, 1.82) is 0 Å². The first-order valence-electron chi connectivity index (χ1n) is 6.08. The Hall–Kier alpha value is -1.84. The molecule has 3 nitrogen and oxygen atoms in total. The summed E-state index contributed by atoms with van der Waals surface area (Å²) < 4.78 is 2.00. The fourth-order valence-corrected chi connectivity index (χ4v) is 2.23. The van der Waals surface area contributed by atoms with E-state index in [1.165, 1.54) is 0 Å². The summed E-state index contributed by atoms with van der Waals surface area (Å²) >= 11 is 11.9. The molecular weight excluding hydrogens is 293 g/mol. The van der Waals surface area contributed by atoms with E-state index in [0.717, 1.165) is 23.4 Å².